The lowest BCUT2D eigenvalue weighted by atomic mass is 9.93. The molecule has 2 rings (SSSR count). The molecule has 0 radical (unpaired) electrons. The van der Waals surface area contributed by atoms with Gasteiger partial charge in [-0.3, -0.25) is 10.1 Å². The molecule has 0 bridgehead atoms. The Labute approximate surface area is 168 Å². The molecular formula is C20H22ClN3O4. The normalized spacial score (nSPS) is 12.6. The van der Waals surface area contributed by atoms with Gasteiger partial charge in [-0.15, -0.1) is 0 Å². The zero-order valence-electron chi connectivity index (χ0n) is 15.8. The number of nitro groups is 1. The van der Waals surface area contributed by atoms with Gasteiger partial charge in [0, 0.05) is 28.6 Å². The Kier molecular flexibility index (Phi) is 8.84. The standard InChI is InChI=1S/C17H17N3O4.C3H5Cl/c1-11(12(2)18-21)17(19-22)15-5-3-13(4-6-15)14-7-9-16(10-8-14)20(23)24;1-3(2)4/h3-11,21-22H,1-2H3;1H2,2H3/b18-12+,19-17-;. The van der Waals surface area contributed by atoms with E-state index in [0.717, 1.165) is 11.1 Å². The molecule has 8 heteroatoms. The quantitative estimate of drug-likeness (QED) is 0.289. The molecule has 2 N–H and O–H groups in total. The maximum atomic E-state index is 10.7. The summed E-state index contributed by atoms with van der Waals surface area (Å²) in [7, 11) is 0. The fraction of sp³-hybridized carbons (Fsp3) is 0.200. The fourth-order valence-corrected chi connectivity index (χ4v) is 2.29. The molecule has 148 valence electrons. The molecule has 0 aliphatic carbocycles. The molecule has 0 fully saturated rings. The molecule has 0 aliphatic heterocycles. The van der Waals surface area contributed by atoms with Crippen LogP contribution in [0, 0.1) is 16.0 Å². The van der Waals surface area contributed by atoms with E-state index in [1.54, 1.807) is 45.0 Å². The first-order valence-corrected chi connectivity index (χ1v) is 8.65. The molecule has 1 atom stereocenters. The number of halogens is 1. The van der Waals surface area contributed by atoms with Crippen molar-refractivity contribution in [3.63, 3.8) is 0 Å². The molecule has 28 heavy (non-hydrogen) atoms. The molecule has 2 aromatic rings. The Balaban J connectivity index is 0.000000892. The second kappa shape index (κ2) is 10.8. The van der Waals surface area contributed by atoms with E-state index in [1.165, 1.54) is 12.1 Å². The number of oxime groups is 2. The van der Waals surface area contributed by atoms with Gasteiger partial charge in [-0.2, -0.15) is 0 Å². The van der Waals surface area contributed by atoms with Crippen molar-refractivity contribution in [3.8, 4) is 11.1 Å². The second-order valence-electron chi connectivity index (χ2n) is 6.01. The van der Waals surface area contributed by atoms with E-state index in [9.17, 15) is 15.3 Å². The number of allylic oxidation sites excluding steroid dienone is 1. The highest BCUT2D eigenvalue weighted by atomic mass is 35.5. The third-order valence-corrected chi connectivity index (χ3v) is 3.89. The lowest BCUT2D eigenvalue weighted by Crippen LogP contribution is -2.20. The van der Waals surface area contributed by atoms with Gasteiger partial charge >= 0.3 is 0 Å². The lowest BCUT2D eigenvalue weighted by molar-refractivity contribution is -0.384. The SMILES string of the molecule is C/C(=N\O)C(C)/C(=N/O)c1ccc(-c2ccc([N+](=O)[O-])cc2)cc1.C=C(C)Cl. The molecule has 0 amide bonds. The van der Waals surface area contributed by atoms with Crippen LogP contribution in [0.1, 0.15) is 26.3 Å². The number of non-ortho nitro benzene ring substituents is 1. The highest BCUT2D eigenvalue weighted by molar-refractivity contribution is 6.28. The average molecular weight is 404 g/mol. The van der Waals surface area contributed by atoms with Gasteiger partial charge in [0.15, 0.2) is 0 Å². The topological polar surface area (TPSA) is 108 Å². The number of nitro benzene ring substituents is 1. The Morgan fingerprint density at radius 3 is 1.82 bits per heavy atom. The first-order valence-electron chi connectivity index (χ1n) is 8.28. The van der Waals surface area contributed by atoms with Crippen molar-refractivity contribution in [3.05, 3.63) is 75.8 Å². The van der Waals surface area contributed by atoms with Crippen LogP contribution in [-0.2, 0) is 0 Å². The highest BCUT2D eigenvalue weighted by Crippen LogP contribution is 2.23. The minimum atomic E-state index is -0.441. The maximum Gasteiger partial charge on any atom is 0.269 e. The average Bonchev–Trinajstić information content (AvgIpc) is 2.68. The van der Waals surface area contributed by atoms with Crippen LogP contribution in [0.25, 0.3) is 11.1 Å². The van der Waals surface area contributed by atoms with Gasteiger partial charge < -0.3 is 10.4 Å². The van der Waals surface area contributed by atoms with Gasteiger partial charge in [0.1, 0.15) is 0 Å². The maximum absolute atomic E-state index is 10.7. The summed E-state index contributed by atoms with van der Waals surface area (Å²) < 4.78 is 0. The van der Waals surface area contributed by atoms with Crippen LogP contribution in [0.2, 0.25) is 0 Å². The summed E-state index contributed by atoms with van der Waals surface area (Å²) in [5, 5.41) is 35.9. The molecule has 0 saturated heterocycles. The Morgan fingerprint density at radius 1 is 1.04 bits per heavy atom. The monoisotopic (exact) mass is 403 g/mol. The van der Waals surface area contributed by atoms with E-state index in [2.05, 4.69) is 16.9 Å². The van der Waals surface area contributed by atoms with Crippen molar-refractivity contribution < 1.29 is 15.3 Å². The van der Waals surface area contributed by atoms with Crippen molar-refractivity contribution in [2.45, 2.75) is 20.8 Å². The van der Waals surface area contributed by atoms with E-state index in [0.29, 0.717) is 22.0 Å². The van der Waals surface area contributed by atoms with E-state index in [1.807, 2.05) is 12.1 Å². The van der Waals surface area contributed by atoms with E-state index < -0.39 is 4.92 Å². The van der Waals surface area contributed by atoms with E-state index in [-0.39, 0.29) is 11.6 Å². The van der Waals surface area contributed by atoms with E-state index in [4.69, 9.17) is 16.8 Å². The van der Waals surface area contributed by atoms with Crippen molar-refractivity contribution in [1.82, 2.24) is 0 Å². The predicted octanol–water partition coefficient (Wildman–Crippen LogP) is 5.69. The van der Waals surface area contributed by atoms with Gasteiger partial charge in [0.2, 0.25) is 0 Å². The third-order valence-electron chi connectivity index (χ3n) is 3.89. The third kappa shape index (κ3) is 6.51. The summed E-state index contributed by atoms with van der Waals surface area (Å²) in [5.74, 6) is -0.342. The highest BCUT2D eigenvalue weighted by Gasteiger charge is 2.17. The molecule has 7 nitrogen and oxygen atoms in total. The van der Waals surface area contributed by atoms with Crippen LogP contribution >= 0.6 is 11.6 Å². The minimum absolute atomic E-state index is 0.0395. The summed E-state index contributed by atoms with van der Waals surface area (Å²) >= 11 is 5.08. The molecule has 0 aliphatic rings. The number of rotatable bonds is 5. The Hall–Kier alpha value is -3.19. The van der Waals surface area contributed by atoms with Gasteiger partial charge in [-0.05, 0) is 37.1 Å². The van der Waals surface area contributed by atoms with E-state index >= 15 is 0 Å². The summed E-state index contributed by atoms with van der Waals surface area (Å²) in [6.07, 6.45) is 0. The van der Waals surface area contributed by atoms with Crippen LogP contribution < -0.4 is 0 Å². The Morgan fingerprint density at radius 2 is 1.46 bits per heavy atom. The molecule has 0 heterocycles. The van der Waals surface area contributed by atoms with Crippen LogP contribution in [-0.4, -0.2) is 26.8 Å². The number of hydrogen-bond donors (Lipinski definition) is 2. The summed E-state index contributed by atoms with van der Waals surface area (Å²) in [6, 6.07) is 13.5. The fourth-order valence-electron chi connectivity index (χ4n) is 2.29. The smallest absolute Gasteiger partial charge is 0.269 e. The second-order valence-corrected chi connectivity index (χ2v) is 6.65. The summed E-state index contributed by atoms with van der Waals surface area (Å²) in [5.41, 5.74) is 3.28. The molecule has 2 aromatic carbocycles. The zero-order valence-corrected chi connectivity index (χ0v) is 16.6. The van der Waals surface area contributed by atoms with Crippen LogP contribution in [0.3, 0.4) is 0 Å². The Bertz CT molecular complexity index is 871. The summed E-state index contributed by atoms with van der Waals surface area (Å²) in [4.78, 5) is 10.2. The molecule has 1 unspecified atom stereocenters. The zero-order chi connectivity index (χ0) is 21.3. The largest absolute Gasteiger partial charge is 0.411 e. The van der Waals surface area contributed by atoms with Gasteiger partial charge in [-0.1, -0.05) is 59.7 Å². The number of benzene rings is 2. The molecular weight excluding hydrogens is 382 g/mol. The number of hydrogen-bond acceptors (Lipinski definition) is 6. The molecule has 0 aromatic heterocycles. The van der Waals surface area contributed by atoms with Crippen molar-refractivity contribution in [2.75, 3.05) is 0 Å². The van der Waals surface area contributed by atoms with Gasteiger partial charge in [0.25, 0.3) is 5.69 Å². The minimum Gasteiger partial charge on any atom is -0.411 e. The van der Waals surface area contributed by atoms with Crippen LogP contribution in [0.15, 0.2) is 70.5 Å². The first kappa shape index (κ1) is 22.9. The molecule has 0 saturated carbocycles. The molecule has 0 spiro atoms. The van der Waals surface area contributed by atoms with Gasteiger partial charge in [-0.25, -0.2) is 0 Å². The first-order chi connectivity index (χ1) is 13.2. The lowest BCUT2D eigenvalue weighted by Gasteiger charge is -2.12. The number of nitrogens with zero attached hydrogens (tertiary/aromatic N) is 3. The van der Waals surface area contributed by atoms with Crippen LogP contribution in [0.4, 0.5) is 5.69 Å². The summed E-state index contributed by atoms with van der Waals surface area (Å²) in [6.45, 7) is 8.47. The van der Waals surface area contributed by atoms with Crippen molar-refractivity contribution >= 4 is 28.7 Å². The van der Waals surface area contributed by atoms with Crippen molar-refractivity contribution in [1.29, 1.82) is 0 Å². The van der Waals surface area contributed by atoms with Crippen LogP contribution in [0.5, 0.6) is 0 Å². The van der Waals surface area contributed by atoms with Crippen molar-refractivity contribution in [2.24, 2.45) is 16.2 Å². The van der Waals surface area contributed by atoms with Gasteiger partial charge in [0.05, 0.1) is 16.3 Å². The predicted molar refractivity (Wildman–Crippen MR) is 112 cm³/mol.